The molecule has 2 heteroatoms. The Morgan fingerprint density at radius 3 is 1.07 bits per heavy atom. The van der Waals surface area contributed by atoms with E-state index in [-0.39, 0.29) is 0 Å². The number of hydrogen-bond acceptors (Lipinski definition) is 1. The zero-order chi connectivity index (χ0) is 52.9. The van der Waals surface area contributed by atoms with E-state index < -0.39 is 0 Å². The van der Waals surface area contributed by atoms with E-state index in [4.69, 9.17) is 0 Å². The van der Waals surface area contributed by atoms with Gasteiger partial charge in [0.15, 0.2) is 0 Å². The maximum atomic E-state index is 2.44. The molecule has 15 aromatic rings. The fourth-order valence-corrected chi connectivity index (χ4v) is 12.5. The Hall–Kier alpha value is -10.5. The number of hydrogen-bond donors (Lipinski definition) is 0. The molecule has 1 heterocycles. The second kappa shape index (κ2) is 19.8. The third-order valence-electron chi connectivity index (χ3n) is 16.2. The van der Waals surface area contributed by atoms with Gasteiger partial charge in [-0.05, 0) is 178 Å². The Morgan fingerprint density at radius 1 is 0.212 bits per heavy atom. The quantitative estimate of drug-likeness (QED) is 0.124. The summed E-state index contributed by atoms with van der Waals surface area (Å²) in [5, 5.41) is 9.88. The first-order valence-corrected chi connectivity index (χ1v) is 27.6. The fraction of sp³-hybridized carbons (Fsp3) is 0. The van der Waals surface area contributed by atoms with E-state index in [9.17, 15) is 0 Å². The van der Waals surface area contributed by atoms with Gasteiger partial charge < -0.3 is 9.47 Å². The van der Waals surface area contributed by atoms with Crippen LogP contribution in [0.15, 0.2) is 315 Å². The monoisotopic (exact) mass is 1020 g/mol. The average molecular weight is 1020 g/mol. The van der Waals surface area contributed by atoms with Crippen molar-refractivity contribution < 1.29 is 0 Å². The molecule has 0 bridgehead atoms. The maximum Gasteiger partial charge on any atom is 0.0541 e. The van der Waals surface area contributed by atoms with Crippen LogP contribution in [0.4, 0.5) is 17.1 Å². The maximum absolute atomic E-state index is 2.44. The Bertz CT molecular complexity index is 4590. The summed E-state index contributed by atoms with van der Waals surface area (Å²) in [4.78, 5) is 2.37. The van der Waals surface area contributed by atoms with Crippen LogP contribution in [0.3, 0.4) is 0 Å². The molecule has 0 unspecified atom stereocenters. The average Bonchev–Trinajstić information content (AvgIpc) is 3.97. The van der Waals surface area contributed by atoms with Crippen molar-refractivity contribution in [2.24, 2.45) is 0 Å². The van der Waals surface area contributed by atoms with Crippen LogP contribution in [0.1, 0.15) is 0 Å². The number of fused-ring (bicyclic) bond motifs is 6. The molecular weight excluding hydrogens is 965 g/mol. The number of para-hydroxylation sites is 1. The van der Waals surface area contributed by atoms with Crippen LogP contribution in [0.25, 0.3) is 127 Å². The predicted octanol–water partition coefficient (Wildman–Crippen LogP) is 21.7. The van der Waals surface area contributed by atoms with Crippen molar-refractivity contribution in [1.29, 1.82) is 0 Å². The molecule has 2 nitrogen and oxygen atoms in total. The largest absolute Gasteiger partial charge is 0.311 e. The van der Waals surface area contributed by atoms with E-state index >= 15 is 0 Å². The van der Waals surface area contributed by atoms with Crippen LogP contribution in [0.5, 0.6) is 0 Å². The molecule has 14 aromatic carbocycles. The summed E-state index contributed by atoms with van der Waals surface area (Å²) in [7, 11) is 0. The Morgan fingerprint density at radius 2 is 0.575 bits per heavy atom. The van der Waals surface area contributed by atoms with E-state index in [1.165, 1.54) is 110 Å². The highest BCUT2D eigenvalue weighted by molar-refractivity contribution is 6.22. The van der Waals surface area contributed by atoms with Gasteiger partial charge in [0.2, 0.25) is 0 Å². The summed E-state index contributed by atoms with van der Waals surface area (Å²) < 4.78 is 2.44. The van der Waals surface area contributed by atoms with Crippen LogP contribution in [-0.2, 0) is 0 Å². The molecule has 80 heavy (non-hydrogen) atoms. The first-order valence-electron chi connectivity index (χ1n) is 27.6. The molecule has 0 radical (unpaired) electrons. The van der Waals surface area contributed by atoms with E-state index in [0.29, 0.717) is 0 Å². The molecule has 374 valence electrons. The SMILES string of the molecule is c1ccc(-c2ccccc2-c2ccc3c(c2)c2cc(-c4ccccc4-c4ccccc4)ccc2n3-c2ccc(N(c3ccccc3)c3ccc(-c4c5ccccc5c(-c5ccc6ccccc6c5)c5ccccc45)cc3)cc2)cc1. The van der Waals surface area contributed by atoms with Crippen LogP contribution < -0.4 is 4.90 Å². The molecule has 0 N–H and O–H groups in total. The van der Waals surface area contributed by atoms with Gasteiger partial charge in [-0.25, -0.2) is 0 Å². The van der Waals surface area contributed by atoms with Crippen molar-refractivity contribution in [1.82, 2.24) is 4.57 Å². The van der Waals surface area contributed by atoms with Crippen molar-refractivity contribution in [2.45, 2.75) is 0 Å². The number of aromatic nitrogens is 1. The lowest BCUT2D eigenvalue weighted by molar-refractivity contribution is 1.17. The Labute approximate surface area is 466 Å². The first-order chi connectivity index (χ1) is 39.7. The Balaban J connectivity index is 0.845. The standard InChI is InChI=1S/C78H52N2/c1-4-21-54(22-5-1)65-28-12-14-30-67(65)58-40-48-75-73(51-58)74-52-59(68-31-15-13-29-66(68)55-23-6-2-7-24-55)41-49-76(74)80(75)64-46-44-63(45-47-64)79(61-26-8-3-9-27-61)62-42-38-56(39-43-62)77-69-32-16-18-34-71(69)78(72-35-19-17-33-70(72)77)60-37-36-53-20-10-11-25-57(53)50-60/h1-52H. The van der Waals surface area contributed by atoms with Crippen molar-refractivity contribution in [3.05, 3.63) is 315 Å². The molecule has 0 aliphatic rings. The van der Waals surface area contributed by atoms with Gasteiger partial charge in [0, 0.05) is 33.5 Å². The lowest BCUT2D eigenvalue weighted by Gasteiger charge is -2.26. The zero-order valence-electron chi connectivity index (χ0n) is 43.9. The summed E-state index contributed by atoms with van der Waals surface area (Å²) in [6, 6.07) is 115. The van der Waals surface area contributed by atoms with Gasteiger partial charge in [0.05, 0.1) is 11.0 Å². The minimum atomic E-state index is 1.07. The predicted molar refractivity (Wildman–Crippen MR) is 341 cm³/mol. The number of rotatable bonds is 10. The second-order valence-corrected chi connectivity index (χ2v) is 20.8. The summed E-state index contributed by atoms with van der Waals surface area (Å²) in [5.74, 6) is 0. The summed E-state index contributed by atoms with van der Waals surface area (Å²) in [6.45, 7) is 0. The number of benzene rings is 14. The van der Waals surface area contributed by atoms with Crippen molar-refractivity contribution in [3.8, 4) is 72.4 Å². The first kappa shape index (κ1) is 46.7. The van der Waals surface area contributed by atoms with Crippen LogP contribution >= 0.6 is 0 Å². The molecule has 1 aromatic heterocycles. The van der Waals surface area contributed by atoms with Crippen LogP contribution in [-0.4, -0.2) is 4.57 Å². The molecule has 0 amide bonds. The third kappa shape index (κ3) is 8.13. The van der Waals surface area contributed by atoms with E-state index in [0.717, 1.165) is 33.8 Å². The molecule has 15 rings (SSSR count). The lowest BCUT2D eigenvalue weighted by Crippen LogP contribution is -2.10. The van der Waals surface area contributed by atoms with Gasteiger partial charge in [-0.2, -0.15) is 0 Å². The minimum Gasteiger partial charge on any atom is -0.311 e. The zero-order valence-corrected chi connectivity index (χ0v) is 43.9. The summed E-state index contributed by atoms with van der Waals surface area (Å²) in [6.07, 6.45) is 0. The van der Waals surface area contributed by atoms with Crippen molar-refractivity contribution in [2.75, 3.05) is 4.90 Å². The molecule has 0 atom stereocenters. The molecule has 0 aliphatic heterocycles. The number of anilines is 3. The smallest absolute Gasteiger partial charge is 0.0541 e. The fourth-order valence-electron chi connectivity index (χ4n) is 12.5. The van der Waals surface area contributed by atoms with Crippen molar-refractivity contribution >= 4 is 71.2 Å². The van der Waals surface area contributed by atoms with Crippen LogP contribution in [0, 0.1) is 0 Å². The van der Waals surface area contributed by atoms with Gasteiger partial charge in [0.1, 0.15) is 0 Å². The van der Waals surface area contributed by atoms with Gasteiger partial charge in [-0.15, -0.1) is 0 Å². The third-order valence-corrected chi connectivity index (χ3v) is 16.2. The molecule has 0 fully saturated rings. The number of nitrogens with zero attached hydrogens (tertiary/aromatic N) is 2. The van der Waals surface area contributed by atoms with E-state index in [1.807, 2.05) is 0 Å². The van der Waals surface area contributed by atoms with Gasteiger partial charge in [-0.1, -0.05) is 237 Å². The molecular formula is C78H52N2. The molecule has 0 spiro atoms. The molecule has 0 saturated carbocycles. The highest BCUT2D eigenvalue weighted by atomic mass is 15.1. The highest BCUT2D eigenvalue weighted by Gasteiger charge is 2.21. The van der Waals surface area contributed by atoms with Gasteiger partial charge in [0.25, 0.3) is 0 Å². The van der Waals surface area contributed by atoms with Crippen LogP contribution in [0.2, 0.25) is 0 Å². The minimum absolute atomic E-state index is 1.07. The summed E-state index contributed by atoms with van der Waals surface area (Å²) >= 11 is 0. The highest BCUT2D eigenvalue weighted by Crippen LogP contribution is 2.46. The van der Waals surface area contributed by atoms with Crippen molar-refractivity contribution in [3.63, 3.8) is 0 Å². The van der Waals surface area contributed by atoms with Gasteiger partial charge >= 0.3 is 0 Å². The van der Waals surface area contributed by atoms with E-state index in [1.54, 1.807) is 0 Å². The summed E-state index contributed by atoms with van der Waals surface area (Å²) in [5.41, 5.74) is 21.2. The van der Waals surface area contributed by atoms with E-state index in [2.05, 4.69) is 325 Å². The van der Waals surface area contributed by atoms with Gasteiger partial charge in [-0.3, -0.25) is 0 Å². The lowest BCUT2D eigenvalue weighted by atomic mass is 9.85. The molecule has 0 saturated heterocycles. The topological polar surface area (TPSA) is 8.17 Å². The molecule has 0 aliphatic carbocycles. The normalized spacial score (nSPS) is 11.5. The second-order valence-electron chi connectivity index (χ2n) is 20.8. The Kier molecular flexibility index (Phi) is 11.6.